The van der Waals surface area contributed by atoms with Gasteiger partial charge in [0.25, 0.3) is 0 Å². The molecule has 0 aliphatic carbocycles. The topological polar surface area (TPSA) is 26.3 Å². The van der Waals surface area contributed by atoms with Crippen LogP contribution in [0.15, 0.2) is 24.3 Å². The lowest BCUT2D eigenvalue weighted by Gasteiger charge is -1.92. The van der Waals surface area contributed by atoms with Crippen molar-refractivity contribution in [3.05, 3.63) is 29.8 Å². The summed E-state index contributed by atoms with van der Waals surface area (Å²) in [4.78, 5) is 0. The lowest BCUT2D eigenvalue weighted by atomic mass is 10.2. The number of rotatable bonds is 4. The van der Waals surface area contributed by atoms with E-state index in [9.17, 15) is 4.57 Å². The Bertz CT molecular complexity index is 279. The first kappa shape index (κ1) is 10.4. The van der Waals surface area contributed by atoms with Crippen LogP contribution in [0, 0.1) is 0 Å². The van der Waals surface area contributed by atoms with Gasteiger partial charge in [-0.3, -0.25) is 0 Å². The highest BCUT2D eigenvalue weighted by Gasteiger charge is 2.20. The van der Waals surface area contributed by atoms with Gasteiger partial charge in [0.05, 0.1) is 0 Å². The highest BCUT2D eigenvalue weighted by atomic mass is 31.1. The van der Waals surface area contributed by atoms with Crippen LogP contribution in [0.25, 0.3) is 0 Å². The minimum atomic E-state index is -1.64. The Morgan fingerprint density at radius 2 is 1.85 bits per heavy atom. The molecule has 1 unspecified atom stereocenters. The van der Waals surface area contributed by atoms with Crippen molar-refractivity contribution >= 4 is 13.3 Å². The Balaban J connectivity index is 2.74. The zero-order valence-corrected chi connectivity index (χ0v) is 8.88. The molecule has 70 valence electrons. The Labute approximate surface area is 79.8 Å². The van der Waals surface area contributed by atoms with Gasteiger partial charge in [-0.25, -0.2) is 0 Å². The summed E-state index contributed by atoms with van der Waals surface area (Å²) in [5.74, 6) is 0. The fraction of sp³-hybridized carbons (Fsp3) is 0.400. The molecule has 1 aromatic carbocycles. The van der Waals surface area contributed by atoms with Gasteiger partial charge in [-0.2, -0.15) is 0 Å². The van der Waals surface area contributed by atoms with Crippen LogP contribution in [0.1, 0.15) is 19.4 Å². The monoisotopic (exact) mass is 197 g/mol. The molecule has 0 aromatic heterocycles. The molecule has 0 amide bonds. The van der Waals surface area contributed by atoms with E-state index in [2.05, 4.69) is 6.92 Å². The molecule has 1 rings (SSSR count). The van der Waals surface area contributed by atoms with Crippen LogP contribution in [-0.4, -0.2) is 6.61 Å². The fourth-order valence-corrected chi connectivity index (χ4v) is 1.82. The van der Waals surface area contributed by atoms with E-state index >= 15 is 0 Å². The van der Waals surface area contributed by atoms with Crippen molar-refractivity contribution in [3.63, 3.8) is 0 Å². The molecule has 0 aliphatic rings. The first-order chi connectivity index (χ1) is 6.27. The van der Waals surface area contributed by atoms with Crippen LogP contribution in [0.3, 0.4) is 0 Å². The largest absolute Gasteiger partial charge is 0.548 e. The maximum atomic E-state index is 11.4. The maximum Gasteiger partial charge on any atom is 0.548 e. The van der Waals surface area contributed by atoms with E-state index in [1.54, 1.807) is 0 Å². The molecule has 3 heteroatoms. The molecule has 0 spiro atoms. The summed E-state index contributed by atoms with van der Waals surface area (Å²) < 4.78 is 16.4. The normalized spacial score (nSPS) is 11.4. The molecule has 0 radical (unpaired) electrons. The molecule has 1 aromatic rings. The summed E-state index contributed by atoms with van der Waals surface area (Å²) in [5, 5.41) is 0.772. The smallest absolute Gasteiger partial charge is 0.142 e. The summed E-state index contributed by atoms with van der Waals surface area (Å²) in [6.07, 6.45) is 1.01. The minimum Gasteiger partial charge on any atom is -0.142 e. The highest BCUT2D eigenvalue weighted by Crippen LogP contribution is 2.20. The molecule has 0 heterocycles. The van der Waals surface area contributed by atoms with Crippen LogP contribution in [0.2, 0.25) is 0 Å². The zero-order chi connectivity index (χ0) is 9.68. The summed E-state index contributed by atoms with van der Waals surface area (Å²) in [6, 6.07) is 7.71. The van der Waals surface area contributed by atoms with Crippen LogP contribution in [-0.2, 0) is 15.5 Å². The summed E-state index contributed by atoms with van der Waals surface area (Å²) in [6.45, 7) is 4.43. The van der Waals surface area contributed by atoms with Crippen LogP contribution in [0.5, 0.6) is 0 Å². The fourth-order valence-electron chi connectivity index (χ4n) is 1.05. The van der Waals surface area contributed by atoms with Gasteiger partial charge in [0.2, 0.25) is 5.30 Å². The van der Waals surface area contributed by atoms with Gasteiger partial charge in [-0.05, 0) is 35.6 Å². The second-order valence-electron chi connectivity index (χ2n) is 2.69. The minimum absolute atomic E-state index is 0.491. The molecule has 0 saturated heterocycles. The summed E-state index contributed by atoms with van der Waals surface area (Å²) in [7, 11) is -1.64. The lowest BCUT2D eigenvalue weighted by molar-refractivity contribution is 0.357. The SMILES string of the molecule is CCO[P+](=O)c1ccc(CC)cc1. The van der Waals surface area contributed by atoms with Gasteiger partial charge in [0.15, 0.2) is 0 Å². The molecule has 0 fully saturated rings. The van der Waals surface area contributed by atoms with Crippen molar-refractivity contribution < 1.29 is 9.09 Å². The van der Waals surface area contributed by atoms with Crippen LogP contribution in [0.4, 0.5) is 0 Å². The zero-order valence-electron chi connectivity index (χ0n) is 7.99. The average Bonchev–Trinajstić information content (AvgIpc) is 2.18. The second-order valence-corrected chi connectivity index (χ2v) is 3.98. The van der Waals surface area contributed by atoms with Gasteiger partial charge in [0, 0.05) is 0 Å². The third kappa shape index (κ3) is 2.91. The van der Waals surface area contributed by atoms with Gasteiger partial charge in [-0.1, -0.05) is 19.1 Å². The predicted octanol–water partition coefficient (Wildman–Crippen LogP) is 2.65. The van der Waals surface area contributed by atoms with E-state index in [4.69, 9.17) is 4.52 Å². The van der Waals surface area contributed by atoms with E-state index in [-0.39, 0.29) is 0 Å². The molecular formula is C10H14O2P+. The van der Waals surface area contributed by atoms with E-state index in [0.717, 1.165) is 11.7 Å². The molecule has 0 bridgehead atoms. The molecule has 0 aliphatic heterocycles. The quantitative estimate of drug-likeness (QED) is 0.693. The Morgan fingerprint density at radius 3 is 2.31 bits per heavy atom. The van der Waals surface area contributed by atoms with Crippen molar-refractivity contribution in [1.29, 1.82) is 0 Å². The Hall–Kier alpha value is -0.720. The first-order valence-electron chi connectivity index (χ1n) is 4.47. The third-order valence-electron chi connectivity index (χ3n) is 1.80. The van der Waals surface area contributed by atoms with Crippen LogP contribution >= 0.6 is 8.03 Å². The number of aryl methyl sites for hydroxylation is 1. The van der Waals surface area contributed by atoms with Crippen molar-refractivity contribution in [1.82, 2.24) is 0 Å². The molecule has 0 saturated carbocycles. The average molecular weight is 197 g/mol. The van der Waals surface area contributed by atoms with Gasteiger partial charge < -0.3 is 0 Å². The second kappa shape index (κ2) is 5.11. The van der Waals surface area contributed by atoms with E-state index in [1.807, 2.05) is 31.2 Å². The Kier molecular flexibility index (Phi) is 4.07. The van der Waals surface area contributed by atoms with E-state index < -0.39 is 8.03 Å². The molecule has 1 atom stereocenters. The third-order valence-corrected chi connectivity index (χ3v) is 3.01. The van der Waals surface area contributed by atoms with E-state index in [0.29, 0.717) is 6.61 Å². The lowest BCUT2D eigenvalue weighted by Crippen LogP contribution is -1.98. The molecule has 0 N–H and O–H groups in total. The van der Waals surface area contributed by atoms with Crippen LogP contribution < -0.4 is 5.30 Å². The molecular weight excluding hydrogens is 183 g/mol. The number of benzene rings is 1. The van der Waals surface area contributed by atoms with Crippen molar-refractivity contribution in [2.75, 3.05) is 6.61 Å². The number of hydrogen-bond donors (Lipinski definition) is 0. The summed E-state index contributed by atoms with van der Waals surface area (Å²) >= 11 is 0. The van der Waals surface area contributed by atoms with E-state index in [1.165, 1.54) is 5.56 Å². The van der Waals surface area contributed by atoms with Gasteiger partial charge in [-0.15, -0.1) is 4.52 Å². The van der Waals surface area contributed by atoms with Crippen molar-refractivity contribution in [2.45, 2.75) is 20.3 Å². The molecule has 13 heavy (non-hydrogen) atoms. The molecule has 2 nitrogen and oxygen atoms in total. The highest BCUT2D eigenvalue weighted by molar-refractivity contribution is 7.48. The van der Waals surface area contributed by atoms with Crippen molar-refractivity contribution in [2.24, 2.45) is 0 Å². The van der Waals surface area contributed by atoms with Crippen molar-refractivity contribution in [3.8, 4) is 0 Å². The standard InChI is InChI=1S/C10H14O2P/c1-3-9-5-7-10(8-6-9)13(11)12-4-2/h5-8H,3-4H2,1-2H3/q+1. The predicted molar refractivity (Wildman–Crippen MR) is 54.7 cm³/mol. The number of hydrogen-bond acceptors (Lipinski definition) is 2. The van der Waals surface area contributed by atoms with Gasteiger partial charge in [0.1, 0.15) is 6.61 Å². The Morgan fingerprint density at radius 1 is 1.23 bits per heavy atom. The van der Waals surface area contributed by atoms with Gasteiger partial charge >= 0.3 is 8.03 Å². The summed E-state index contributed by atoms with van der Waals surface area (Å²) in [5.41, 5.74) is 1.25. The first-order valence-corrected chi connectivity index (χ1v) is 5.64. The maximum absolute atomic E-state index is 11.4.